The van der Waals surface area contributed by atoms with Gasteiger partial charge in [0.2, 0.25) is 5.43 Å². The van der Waals surface area contributed by atoms with E-state index in [0.717, 1.165) is 11.0 Å². The van der Waals surface area contributed by atoms with Crippen molar-refractivity contribution in [3.63, 3.8) is 0 Å². The largest absolute Gasteiger partial charge is 0.487 e. The molecule has 4 aromatic rings. The van der Waals surface area contributed by atoms with E-state index in [1.807, 2.05) is 42.7 Å². The van der Waals surface area contributed by atoms with Crippen molar-refractivity contribution >= 4 is 39.3 Å². The zero-order valence-electron chi connectivity index (χ0n) is 19.4. The van der Waals surface area contributed by atoms with Gasteiger partial charge in [0.15, 0.2) is 11.6 Å². The van der Waals surface area contributed by atoms with Gasteiger partial charge in [0, 0.05) is 19.3 Å². The zero-order valence-corrected chi connectivity index (χ0v) is 19.4. The number of para-hydroxylation sites is 2. The summed E-state index contributed by atoms with van der Waals surface area (Å²) < 4.78 is 25.1. The lowest BCUT2D eigenvalue weighted by Crippen LogP contribution is -2.31. The fraction of sp³-hybridized carbons (Fsp3) is 0.320. The number of hydrogen-bond acceptors (Lipinski definition) is 6. The van der Waals surface area contributed by atoms with E-state index in [0.29, 0.717) is 25.0 Å². The lowest BCUT2D eigenvalue weighted by atomic mass is 9.99. The molecule has 0 amide bonds. The Hall–Kier alpha value is -4.08. The molecule has 1 aliphatic rings. The topological polar surface area (TPSA) is 124 Å². The Bertz CT molecular complexity index is 1520. The van der Waals surface area contributed by atoms with Gasteiger partial charge in [-0.3, -0.25) is 4.79 Å². The van der Waals surface area contributed by atoms with Crippen LogP contribution in [0.3, 0.4) is 0 Å². The highest BCUT2D eigenvalue weighted by Crippen LogP contribution is 2.44. The summed E-state index contributed by atoms with van der Waals surface area (Å²) in [6.45, 7) is 5.22. The minimum atomic E-state index is -1.38. The van der Waals surface area contributed by atoms with E-state index >= 15 is 4.39 Å². The Morgan fingerprint density at radius 2 is 2.14 bits per heavy atom. The first-order chi connectivity index (χ1) is 16.8. The third-order valence-corrected chi connectivity index (χ3v) is 6.56. The molecule has 0 unspecified atom stereocenters. The van der Waals surface area contributed by atoms with Crippen molar-refractivity contribution in [1.29, 1.82) is 0 Å². The van der Waals surface area contributed by atoms with Crippen LogP contribution in [0.2, 0.25) is 0 Å². The zero-order chi connectivity index (χ0) is 24.9. The van der Waals surface area contributed by atoms with Crippen LogP contribution in [0.15, 0.2) is 41.6 Å². The second-order valence-corrected chi connectivity index (χ2v) is 9.07. The van der Waals surface area contributed by atoms with E-state index in [1.54, 1.807) is 10.9 Å². The summed E-state index contributed by atoms with van der Waals surface area (Å²) in [4.78, 5) is 29.1. The third-order valence-electron chi connectivity index (χ3n) is 6.56. The average molecular weight is 480 g/mol. The fourth-order valence-corrected chi connectivity index (χ4v) is 4.70. The minimum absolute atomic E-state index is 0.0724. The number of rotatable bonds is 7. The number of pyridine rings is 1. The number of nitrogens with zero attached hydrogens (tertiary/aromatic N) is 3. The van der Waals surface area contributed by atoms with Crippen LogP contribution in [0.4, 0.5) is 15.8 Å². The molecule has 0 aliphatic carbocycles. The molecule has 0 spiro atoms. The number of imidazole rings is 1. The quantitative estimate of drug-likeness (QED) is 0.272. The summed E-state index contributed by atoms with van der Waals surface area (Å²) in [5, 5.41) is 12.5. The first kappa shape index (κ1) is 22.7. The number of hydrogen-bond donors (Lipinski definition) is 3. The summed E-state index contributed by atoms with van der Waals surface area (Å²) in [7, 11) is 0. The highest BCUT2D eigenvalue weighted by atomic mass is 19.1. The fourth-order valence-electron chi connectivity index (χ4n) is 4.70. The number of nitrogens with two attached hydrogens (primary N) is 1. The Balaban J connectivity index is 1.52. The maximum absolute atomic E-state index is 15.4. The number of carbonyl (C=O) groups is 1. The number of aromatic carboxylic acids is 1. The summed E-state index contributed by atoms with van der Waals surface area (Å²) >= 11 is 0. The predicted octanol–water partition coefficient (Wildman–Crippen LogP) is 3.86. The van der Waals surface area contributed by atoms with Crippen molar-refractivity contribution in [2.24, 2.45) is 5.92 Å². The number of nitrogen functional groups attached to an aromatic ring is 1. The van der Waals surface area contributed by atoms with Crippen molar-refractivity contribution in [3.05, 3.63) is 58.4 Å². The van der Waals surface area contributed by atoms with Crippen LogP contribution in [-0.4, -0.2) is 38.3 Å². The molecule has 35 heavy (non-hydrogen) atoms. The molecule has 182 valence electrons. The number of aryl methyl sites for hydroxylation is 1. The summed E-state index contributed by atoms with van der Waals surface area (Å²) in [5.74, 6) is -1.96. The molecule has 0 saturated heterocycles. The predicted molar refractivity (Wildman–Crippen MR) is 132 cm³/mol. The maximum atomic E-state index is 15.4. The molecule has 0 fully saturated rings. The van der Waals surface area contributed by atoms with Crippen molar-refractivity contribution in [2.75, 3.05) is 24.2 Å². The monoisotopic (exact) mass is 479 g/mol. The Morgan fingerprint density at radius 3 is 2.89 bits per heavy atom. The molecule has 5 rings (SSSR count). The maximum Gasteiger partial charge on any atom is 0.341 e. The second-order valence-electron chi connectivity index (χ2n) is 9.07. The standard InChI is InChI=1S/C25H26FN5O4/c1-13(2)17-11-35-24-21(28-8-5-9-30-12-29-15-6-3-4-7-16(15)30)19(26)20(27)18-22(24)31(17)10-14(23(18)32)25(33)34/h3-4,6-7,10,12-13,17,28H,5,8-9,11,27H2,1-2H3,(H,33,34)/t17-/m0/s1. The van der Waals surface area contributed by atoms with Gasteiger partial charge in [0.1, 0.15) is 17.9 Å². The number of ether oxygens (including phenoxy) is 1. The minimum Gasteiger partial charge on any atom is -0.487 e. The normalized spacial score (nSPS) is 15.0. The number of benzene rings is 2. The lowest BCUT2D eigenvalue weighted by molar-refractivity contribution is 0.0693. The SMILES string of the molecule is CC(C)[C@@H]1COc2c(NCCCn3cnc4ccccc43)c(F)c(N)c3c(=O)c(C(=O)O)cn1c23. The number of carboxylic acids is 1. The van der Waals surface area contributed by atoms with E-state index in [1.165, 1.54) is 6.20 Å². The van der Waals surface area contributed by atoms with Gasteiger partial charge in [-0.25, -0.2) is 14.2 Å². The van der Waals surface area contributed by atoms with Crippen LogP contribution < -0.4 is 21.2 Å². The Labute approximate surface area is 199 Å². The second kappa shape index (κ2) is 8.61. The van der Waals surface area contributed by atoms with E-state index in [4.69, 9.17) is 10.5 Å². The van der Waals surface area contributed by atoms with Crippen LogP contribution in [0, 0.1) is 11.7 Å². The molecule has 9 nitrogen and oxygen atoms in total. The molecule has 4 N–H and O–H groups in total. The molecular weight excluding hydrogens is 453 g/mol. The Morgan fingerprint density at radius 1 is 1.37 bits per heavy atom. The molecule has 1 aliphatic heterocycles. The number of carboxylic acid groups (broad SMARTS) is 1. The van der Waals surface area contributed by atoms with Crippen molar-refractivity contribution in [2.45, 2.75) is 32.9 Å². The number of anilines is 2. The average Bonchev–Trinajstić information content (AvgIpc) is 3.24. The first-order valence-electron chi connectivity index (χ1n) is 11.5. The van der Waals surface area contributed by atoms with Crippen molar-refractivity contribution in [1.82, 2.24) is 14.1 Å². The van der Waals surface area contributed by atoms with Crippen LogP contribution in [-0.2, 0) is 6.54 Å². The molecule has 0 bridgehead atoms. The molecule has 10 heteroatoms. The smallest absolute Gasteiger partial charge is 0.341 e. The highest BCUT2D eigenvalue weighted by molar-refractivity contribution is 6.03. The molecule has 0 saturated carbocycles. The van der Waals surface area contributed by atoms with Crippen LogP contribution in [0.5, 0.6) is 5.75 Å². The first-order valence-corrected chi connectivity index (χ1v) is 11.5. The summed E-state index contributed by atoms with van der Waals surface area (Å²) in [6.07, 6.45) is 3.75. The van der Waals surface area contributed by atoms with E-state index < -0.39 is 22.8 Å². The summed E-state index contributed by atoms with van der Waals surface area (Å²) in [5.41, 5.74) is 6.73. The molecule has 0 radical (unpaired) electrons. The van der Waals surface area contributed by atoms with E-state index in [2.05, 4.69) is 10.3 Å². The number of halogens is 1. The molecule has 2 aromatic heterocycles. The number of aromatic nitrogens is 3. The lowest BCUT2D eigenvalue weighted by Gasteiger charge is -2.33. The van der Waals surface area contributed by atoms with Crippen LogP contribution in [0.1, 0.15) is 36.7 Å². The summed E-state index contributed by atoms with van der Waals surface area (Å²) in [6, 6.07) is 7.58. The van der Waals surface area contributed by atoms with E-state index in [9.17, 15) is 14.7 Å². The number of fused-ring (bicyclic) bond motifs is 1. The number of nitrogens with one attached hydrogen (secondary N) is 1. The van der Waals surface area contributed by atoms with Gasteiger partial charge in [-0.15, -0.1) is 0 Å². The molecule has 3 heterocycles. The van der Waals surface area contributed by atoms with E-state index in [-0.39, 0.29) is 41.1 Å². The molecule has 2 aromatic carbocycles. The molecule has 1 atom stereocenters. The molecular formula is C25H26FN5O4. The van der Waals surface area contributed by atoms with Gasteiger partial charge in [0.05, 0.1) is 40.0 Å². The van der Waals surface area contributed by atoms with Crippen LogP contribution >= 0.6 is 0 Å². The van der Waals surface area contributed by atoms with Gasteiger partial charge < -0.3 is 30.0 Å². The van der Waals surface area contributed by atoms with Gasteiger partial charge in [-0.1, -0.05) is 26.0 Å². The Kier molecular flexibility index (Phi) is 5.58. The van der Waals surface area contributed by atoms with Gasteiger partial charge in [-0.2, -0.15) is 0 Å². The van der Waals surface area contributed by atoms with Crippen molar-refractivity contribution < 1.29 is 19.0 Å². The highest BCUT2D eigenvalue weighted by Gasteiger charge is 2.32. The van der Waals surface area contributed by atoms with Gasteiger partial charge >= 0.3 is 5.97 Å². The van der Waals surface area contributed by atoms with Crippen LogP contribution in [0.25, 0.3) is 21.9 Å². The van der Waals surface area contributed by atoms with Gasteiger partial charge in [-0.05, 0) is 24.5 Å². The third kappa shape index (κ3) is 3.65. The van der Waals surface area contributed by atoms with Crippen molar-refractivity contribution in [3.8, 4) is 5.75 Å². The van der Waals surface area contributed by atoms with Gasteiger partial charge in [0.25, 0.3) is 0 Å².